The van der Waals surface area contributed by atoms with Crippen molar-refractivity contribution in [2.45, 2.75) is 13.8 Å². The van der Waals surface area contributed by atoms with E-state index in [1.807, 2.05) is 24.3 Å². The second-order valence-corrected chi connectivity index (χ2v) is 5.40. The fraction of sp³-hybridized carbons (Fsp3) is 0.250. The summed E-state index contributed by atoms with van der Waals surface area (Å²) in [6.45, 7) is 3.93. The summed E-state index contributed by atoms with van der Waals surface area (Å²) in [5.41, 5.74) is 1.04. The van der Waals surface area contributed by atoms with Crippen LogP contribution < -0.4 is 10.1 Å². The Kier molecular flexibility index (Phi) is 5.61. The largest absolute Gasteiger partial charge is 0.481 e. The van der Waals surface area contributed by atoms with Crippen molar-refractivity contribution in [3.63, 3.8) is 0 Å². The van der Waals surface area contributed by atoms with Gasteiger partial charge < -0.3 is 14.6 Å². The molecule has 0 bridgehead atoms. The average molecular weight is 363 g/mol. The molecule has 0 aliphatic rings. The molecule has 2 rings (SSSR count). The van der Waals surface area contributed by atoms with E-state index >= 15 is 0 Å². The fourth-order valence-electron chi connectivity index (χ4n) is 1.81. The lowest BCUT2D eigenvalue weighted by Crippen LogP contribution is -2.24. The molecule has 0 aliphatic heterocycles. The van der Waals surface area contributed by atoms with Gasteiger partial charge in [0.05, 0.1) is 12.2 Å². The number of aromatic nitrogens is 1. The molecule has 0 atom stereocenters. The molecule has 0 saturated heterocycles. The molecule has 1 heterocycles. The minimum Gasteiger partial charge on any atom is -0.481 e. The molecule has 1 aromatic heterocycles. The summed E-state index contributed by atoms with van der Waals surface area (Å²) in [7, 11) is 0. The molecule has 0 fully saturated rings. The van der Waals surface area contributed by atoms with Crippen LogP contribution in [0.2, 0.25) is 0 Å². The molecular weight excluding hydrogens is 348 g/mol. The smallest absolute Gasteiger partial charge is 0.257 e. The predicted octanol–water partition coefficient (Wildman–Crippen LogP) is 2.87. The second-order valence-electron chi connectivity index (χ2n) is 4.48. The number of nitrogens with one attached hydrogen (secondary N) is 1. The first-order chi connectivity index (χ1) is 10.6. The second kappa shape index (κ2) is 7.66. The minimum absolute atomic E-state index is 0.238. The monoisotopic (exact) mass is 362 g/mol. The number of hydrogen-bond donors (Lipinski definition) is 1. The summed E-state index contributed by atoms with van der Waals surface area (Å²) in [5, 5.41) is 6.44. The van der Waals surface area contributed by atoms with Crippen molar-refractivity contribution in [1.29, 1.82) is 0 Å². The molecule has 6 heteroatoms. The maximum atomic E-state index is 11.9. The normalized spacial score (nSPS) is 9.77. The lowest BCUT2D eigenvalue weighted by molar-refractivity contribution is 0.0956. The van der Waals surface area contributed by atoms with Gasteiger partial charge in [0.25, 0.3) is 5.91 Å². The van der Waals surface area contributed by atoms with Gasteiger partial charge in [0, 0.05) is 4.47 Å². The van der Waals surface area contributed by atoms with Crippen molar-refractivity contribution in [3.8, 4) is 17.6 Å². The van der Waals surface area contributed by atoms with Gasteiger partial charge in [-0.05, 0) is 32.0 Å². The summed E-state index contributed by atoms with van der Waals surface area (Å²) in [6, 6.07) is 7.52. The molecule has 0 unspecified atom stereocenters. The highest BCUT2D eigenvalue weighted by atomic mass is 79.9. The van der Waals surface area contributed by atoms with Crippen LogP contribution in [0.25, 0.3) is 0 Å². The summed E-state index contributed by atoms with van der Waals surface area (Å²) in [6.07, 6.45) is 0. The number of hydrogen-bond acceptors (Lipinski definition) is 4. The van der Waals surface area contributed by atoms with Crippen LogP contribution in [0.3, 0.4) is 0 Å². The van der Waals surface area contributed by atoms with E-state index in [2.05, 4.69) is 38.2 Å². The van der Waals surface area contributed by atoms with Gasteiger partial charge in [0.15, 0.2) is 0 Å². The van der Waals surface area contributed by atoms with Crippen molar-refractivity contribution in [1.82, 2.24) is 10.5 Å². The van der Waals surface area contributed by atoms with Gasteiger partial charge >= 0.3 is 0 Å². The lowest BCUT2D eigenvalue weighted by atomic mass is 10.2. The number of aryl methyl sites for hydroxylation is 2. The number of rotatable bonds is 4. The average Bonchev–Trinajstić information content (AvgIpc) is 2.82. The summed E-state index contributed by atoms with van der Waals surface area (Å²) >= 11 is 3.37. The van der Waals surface area contributed by atoms with Crippen LogP contribution in [-0.2, 0) is 0 Å². The summed E-state index contributed by atoms with van der Waals surface area (Å²) in [4.78, 5) is 11.9. The van der Waals surface area contributed by atoms with E-state index < -0.39 is 0 Å². The Hall–Kier alpha value is -2.26. The molecule has 0 spiro atoms. The quantitative estimate of drug-likeness (QED) is 0.849. The van der Waals surface area contributed by atoms with E-state index in [0.29, 0.717) is 17.0 Å². The van der Waals surface area contributed by atoms with Crippen molar-refractivity contribution < 1.29 is 14.1 Å². The number of ether oxygens (including phenoxy) is 1. The molecular formula is C16H15BrN2O3. The molecule has 0 saturated carbocycles. The summed E-state index contributed by atoms with van der Waals surface area (Å²) in [5.74, 6) is 6.68. The van der Waals surface area contributed by atoms with Gasteiger partial charge in [-0.25, -0.2) is 0 Å². The molecule has 1 N–H and O–H groups in total. The van der Waals surface area contributed by atoms with Crippen LogP contribution in [0.5, 0.6) is 5.75 Å². The molecule has 22 heavy (non-hydrogen) atoms. The Labute approximate surface area is 137 Å². The number of carbonyl (C=O) groups is 1. The third-order valence-corrected chi connectivity index (χ3v) is 3.32. The number of carbonyl (C=O) groups excluding carboxylic acids is 1. The first kappa shape index (κ1) is 16.1. The van der Waals surface area contributed by atoms with Crippen molar-refractivity contribution in [2.24, 2.45) is 0 Å². The number of amides is 1. The highest BCUT2D eigenvalue weighted by Gasteiger charge is 2.16. The maximum Gasteiger partial charge on any atom is 0.257 e. The van der Waals surface area contributed by atoms with E-state index in [4.69, 9.17) is 9.26 Å². The van der Waals surface area contributed by atoms with E-state index in [1.54, 1.807) is 13.8 Å². The SMILES string of the molecule is Cc1noc(C)c1C(=O)NCC#CCOc1cccc(Br)c1. The molecule has 0 radical (unpaired) electrons. The zero-order valence-corrected chi connectivity index (χ0v) is 13.9. The number of halogens is 1. The Bertz CT molecular complexity index is 709. The predicted molar refractivity (Wildman–Crippen MR) is 85.7 cm³/mol. The standard InChI is InChI=1S/C16H15BrN2O3/c1-11-15(12(2)22-19-11)16(20)18-8-3-4-9-21-14-7-5-6-13(17)10-14/h5-7,10H,8-9H2,1-2H3,(H,18,20). The highest BCUT2D eigenvalue weighted by molar-refractivity contribution is 9.10. The minimum atomic E-state index is -0.238. The van der Waals surface area contributed by atoms with Gasteiger partial charge in [-0.3, -0.25) is 4.79 Å². The molecule has 0 aliphatic carbocycles. The van der Waals surface area contributed by atoms with Crippen LogP contribution in [0, 0.1) is 25.7 Å². The zero-order valence-electron chi connectivity index (χ0n) is 12.3. The van der Waals surface area contributed by atoms with E-state index in [1.165, 1.54) is 0 Å². The topological polar surface area (TPSA) is 64.4 Å². The number of nitrogens with zero attached hydrogens (tertiary/aromatic N) is 1. The first-order valence-electron chi connectivity index (χ1n) is 6.63. The Balaban J connectivity index is 1.77. The molecule has 114 valence electrons. The van der Waals surface area contributed by atoms with E-state index in [0.717, 1.165) is 10.2 Å². The summed E-state index contributed by atoms with van der Waals surface area (Å²) < 4.78 is 11.4. The maximum absolute atomic E-state index is 11.9. The third kappa shape index (κ3) is 4.37. The fourth-order valence-corrected chi connectivity index (χ4v) is 2.19. The van der Waals surface area contributed by atoms with Gasteiger partial charge in [-0.2, -0.15) is 0 Å². The Morgan fingerprint density at radius 2 is 2.23 bits per heavy atom. The third-order valence-electron chi connectivity index (χ3n) is 2.83. The molecule has 1 amide bonds. The molecule has 1 aromatic carbocycles. The van der Waals surface area contributed by atoms with Gasteiger partial charge in [-0.1, -0.05) is 39.0 Å². The lowest BCUT2D eigenvalue weighted by Gasteiger charge is -2.01. The van der Waals surface area contributed by atoms with Crippen LogP contribution in [0.15, 0.2) is 33.3 Å². The Morgan fingerprint density at radius 1 is 1.41 bits per heavy atom. The molecule has 2 aromatic rings. The first-order valence-corrected chi connectivity index (χ1v) is 7.42. The van der Waals surface area contributed by atoms with Crippen molar-refractivity contribution in [2.75, 3.05) is 13.2 Å². The van der Waals surface area contributed by atoms with Crippen molar-refractivity contribution in [3.05, 3.63) is 45.8 Å². The van der Waals surface area contributed by atoms with Crippen LogP contribution >= 0.6 is 15.9 Å². The highest BCUT2D eigenvalue weighted by Crippen LogP contribution is 2.17. The van der Waals surface area contributed by atoms with Crippen molar-refractivity contribution >= 4 is 21.8 Å². The van der Waals surface area contributed by atoms with E-state index in [-0.39, 0.29) is 19.1 Å². The zero-order chi connectivity index (χ0) is 15.9. The number of benzene rings is 1. The van der Waals surface area contributed by atoms with Crippen LogP contribution in [-0.4, -0.2) is 24.2 Å². The van der Waals surface area contributed by atoms with E-state index in [9.17, 15) is 4.79 Å². The van der Waals surface area contributed by atoms with Gasteiger partial charge in [0.1, 0.15) is 23.7 Å². The van der Waals surface area contributed by atoms with Crippen LogP contribution in [0.1, 0.15) is 21.8 Å². The van der Waals surface area contributed by atoms with Gasteiger partial charge in [-0.15, -0.1) is 0 Å². The van der Waals surface area contributed by atoms with Gasteiger partial charge in [0.2, 0.25) is 0 Å². The Morgan fingerprint density at radius 3 is 2.91 bits per heavy atom. The molecule has 5 nitrogen and oxygen atoms in total. The van der Waals surface area contributed by atoms with Crippen LogP contribution in [0.4, 0.5) is 0 Å².